The fourth-order valence-electron chi connectivity index (χ4n) is 2.53. The van der Waals surface area contributed by atoms with E-state index >= 15 is 0 Å². The van der Waals surface area contributed by atoms with Gasteiger partial charge >= 0.3 is 0 Å². The van der Waals surface area contributed by atoms with Crippen molar-refractivity contribution in [3.05, 3.63) is 47.5 Å². The number of nitrogen functional groups attached to an aromatic ring is 1. The largest absolute Gasteiger partial charge is 0.494 e. The Kier molecular flexibility index (Phi) is 3.03. The molecule has 3 rings (SSSR count). The van der Waals surface area contributed by atoms with Gasteiger partial charge in [0.15, 0.2) is 5.75 Å². The summed E-state index contributed by atoms with van der Waals surface area (Å²) in [5.41, 5.74) is 9.36. The zero-order chi connectivity index (χ0) is 13.2. The Morgan fingerprint density at radius 1 is 1.00 bits per heavy atom. The van der Waals surface area contributed by atoms with Gasteiger partial charge in [-0.25, -0.2) is 0 Å². The average molecular weight is 255 g/mol. The van der Waals surface area contributed by atoms with Crippen molar-refractivity contribution >= 4 is 5.69 Å². The van der Waals surface area contributed by atoms with E-state index in [0.29, 0.717) is 17.2 Å². The van der Waals surface area contributed by atoms with Gasteiger partial charge in [0.2, 0.25) is 0 Å². The highest BCUT2D eigenvalue weighted by molar-refractivity contribution is 5.63. The first kappa shape index (κ1) is 11.9. The monoisotopic (exact) mass is 255 g/mol. The van der Waals surface area contributed by atoms with Crippen LogP contribution in [-0.2, 0) is 12.8 Å². The number of methoxy groups -OCH3 is 1. The van der Waals surface area contributed by atoms with Gasteiger partial charge in [-0.2, -0.15) is 0 Å². The topological polar surface area (TPSA) is 44.5 Å². The Labute approximate surface area is 113 Å². The summed E-state index contributed by atoms with van der Waals surface area (Å²) in [5, 5.41) is 0. The molecular weight excluding hydrogens is 238 g/mol. The third-order valence-corrected chi connectivity index (χ3v) is 3.54. The highest BCUT2D eigenvalue weighted by atomic mass is 16.5. The second-order valence-corrected chi connectivity index (χ2v) is 4.76. The van der Waals surface area contributed by atoms with Crippen molar-refractivity contribution in [3.8, 4) is 17.2 Å². The molecule has 0 heterocycles. The van der Waals surface area contributed by atoms with Crippen molar-refractivity contribution in [1.82, 2.24) is 0 Å². The van der Waals surface area contributed by atoms with Crippen LogP contribution in [0, 0.1) is 0 Å². The lowest BCUT2D eigenvalue weighted by atomic mass is 10.1. The van der Waals surface area contributed by atoms with Crippen LogP contribution in [0.5, 0.6) is 17.2 Å². The van der Waals surface area contributed by atoms with E-state index in [4.69, 9.17) is 15.2 Å². The molecule has 2 N–H and O–H groups in total. The molecule has 0 fully saturated rings. The summed E-state index contributed by atoms with van der Waals surface area (Å²) in [6, 6.07) is 11.8. The number of rotatable bonds is 3. The Morgan fingerprint density at radius 3 is 2.63 bits per heavy atom. The number of benzene rings is 2. The number of para-hydroxylation sites is 1. The minimum atomic E-state index is 0.533. The summed E-state index contributed by atoms with van der Waals surface area (Å²) >= 11 is 0. The molecule has 1 aliphatic rings. The first-order valence-corrected chi connectivity index (χ1v) is 6.50. The lowest BCUT2D eigenvalue weighted by Gasteiger charge is -2.12. The number of anilines is 1. The van der Waals surface area contributed by atoms with E-state index in [1.54, 1.807) is 7.11 Å². The summed E-state index contributed by atoms with van der Waals surface area (Å²) in [6.45, 7) is 0. The van der Waals surface area contributed by atoms with Crippen molar-refractivity contribution in [2.24, 2.45) is 0 Å². The molecule has 0 bridgehead atoms. The molecular formula is C16H17NO2. The second kappa shape index (κ2) is 4.84. The first-order chi connectivity index (χ1) is 9.28. The molecule has 19 heavy (non-hydrogen) atoms. The molecule has 0 spiro atoms. The van der Waals surface area contributed by atoms with Gasteiger partial charge in [0.1, 0.15) is 17.2 Å². The van der Waals surface area contributed by atoms with E-state index < -0.39 is 0 Å². The quantitative estimate of drug-likeness (QED) is 0.853. The van der Waals surface area contributed by atoms with E-state index in [1.165, 1.54) is 24.0 Å². The Balaban J connectivity index is 1.89. The third-order valence-electron chi connectivity index (χ3n) is 3.54. The Morgan fingerprint density at radius 2 is 1.79 bits per heavy atom. The normalized spacial score (nSPS) is 13.1. The number of hydrogen-bond donors (Lipinski definition) is 1. The number of aryl methyl sites for hydroxylation is 2. The molecule has 0 saturated carbocycles. The Hall–Kier alpha value is -2.16. The molecule has 0 unspecified atom stereocenters. The maximum absolute atomic E-state index is 6.00. The number of nitrogens with two attached hydrogens (primary N) is 1. The molecule has 0 saturated heterocycles. The Bertz CT molecular complexity index is 608. The van der Waals surface area contributed by atoms with Gasteiger partial charge in [0.25, 0.3) is 0 Å². The number of fused-ring (bicyclic) bond motifs is 1. The van der Waals surface area contributed by atoms with Gasteiger partial charge in [0, 0.05) is 0 Å². The molecule has 3 heteroatoms. The smallest absolute Gasteiger partial charge is 0.154 e. The van der Waals surface area contributed by atoms with Crippen LogP contribution in [-0.4, -0.2) is 7.11 Å². The van der Waals surface area contributed by atoms with Crippen molar-refractivity contribution in [3.63, 3.8) is 0 Å². The molecule has 0 radical (unpaired) electrons. The fraction of sp³-hybridized carbons (Fsp3) is 0.250. The van der Waals surface area contributed by atoms with Gasteiger partial charge in [-0.05, 0) is 54.7 Å². The van der Waals surface area contributed by atoms with Gasteiger partial charge in [-0.3, -0.25) is 0 Å². The maximum Gasteiger partial charge on any atom is 0.154 e. The minimum absolute atomic E-state index is 0.533. The fourth-order valence-corrected chi connectivity index (χ4v) is 2.53. The summed E-state index contributed by atoms with van der Waals surface area (Å²) in [4.78, 5) is 0. The van der Waals surface area contributed by atoms with Crippen LogP contribution < -0.4 is 15.2 Å². The minimum Gasteiger partial charge on any atom is -0.494 e. The van der Waals surface area contributed by atoms with E-state index in [-0.39, 0.29) is 0 Å². The van der Waals surface area contributed by atoms with Crippen LogP contribution in [0.25, 0.3) is 0 Å². The molecule has 98 valence electrons. The zero-order valence-corrected chi connectivity index (χ0v) is 11.0. The van der Waals surface area contributed by atoms with E-state index in [9.17, 15) is 0 Å². The molecule has 2 aromatic carbocycles. The van der Waals surface area contributed by atoms with E-state index in [2.05, 4.69) is 12.1 Å². The lowest BCUT2D eigenvalue weighted by Crippen LogP contribution is -1.96. The third kappa shape index (κ3) is 2.24. The van der Waals surface area contributed by atoms with Crippen molar-refractivity contribution in [1.29, 1.82) is 0 Å². The molecule has 0 aromatic heterocycles. The first-order valence-electron chi connectivity index (χ1n) is 6.50. The number of hydrogen-bond acceptors (Lipinski definition) is 3. The predicted octanol–water partition coefficient (Wildman–Crippen LogP) is 3.56. The lowest BCUT2D eigenvalue weighted by molar-refractivity contribution is 0.412. The molecule has 0 aliphatic heterocycles. The van der Waals surface area contributed by atoms with Crippen molar-refractivity contribution in [2.75, 3.05) is 12.8 Å². The summed E-state index contributed by atoms with van der Waals surface area (Å²) in [7, 11) is 1.60. The van der Waals surface area contributed by atoms with E-state index in [0.717, 1.165) is 12.2 Å². The standard InChI is InChI=1S/C16H17NO2/c1-18-14-6-3-7-15(16(14)17)19-13-9-8-11-4-2-5-12(11)10-13/h3,6-10H,2,4-5,17H2,1H3. The van der Waals surface area contributed by atoms with Crippen molar-refractivity contribution < 1.29 is 9.47 Å². The van der Waals surface area contributed by atoms with Crippen molar-refractivity contribution in [2.45, 2.75) is 19.3 Å². The molecule has 0 amide bonds. The van der Waals surface area contributed by atoms with Crippen LogP contribution in [0.1, 0.15) is 17.5 Å². The van der Waals surface area contributed by atoms with E-state index in [1.807, 2.05) is 24.3 Å². The van der Waals surface area contributed by atoms with Crippen LogP contribution in [0.3, 0.4) is 0 Å². The summed E-state index contributed by atoms with van der Waals surface area (Å²) in [5.74, 6) is 2.11. The van der Waals surface area contributed by atoms with Crippen LogP contribution in [0.2, 0.25) is 0 Å². The van der Waals surface area contributed by atoms with Crippen LogP contribution >= 0.6 is 0 Å². The van der Waals surface area contributed by atoms with Crippen LogP contribution in [0.15, 0.2) is 36.4 Å². The molecule has 3 nitrogen and oxygen atoms in total. The van der Waals surface area contributed by atoms with Crippen LogP contribution in [0.4, 0.5) is 5.69 Å². The highest BCUT2D eigenvalue weighted by Crippen LogP contribution is 2.35. The van der Waals surface area contributed by atoms with Gasteiger partial charge in [-0.1, -0.05) is 12.1 Å². The maximum atomic E-state index is 6.00. The molecule has 2 aromatic rings. The molecule has 0 atom stereocenters. The van der Waals surface area contributed by atoms with Gasteiger partial charge < -0.3 is 15.2 Å². The predicted molar refractivity (Wildman–Crippen MR) is 75.9 cm³/mol. The second-order valence-electron chi connectivity index (χ2n) is 4.76. The number of ether oxygens (including phenoxy) is 2. The highest BCUT2D eigenvalue weighted by Gasteiger charge is 2.12. The van der Waals surface area contributed by atoms with Gasteiger partial charge in [0.05, 0.1) is 7.11 Å². The summed E-state index contributed by atoms with van der Waals surface area (Å²) in [6.07, 6.45) is 3.55. The average Bonchev–Trinajstić information content (AvgIpc) is 2.88. The van der Waals surface area contributed by atoms with Gasteiger partial charge in [-0.15, -0.1) is 0 Å². The SMILES string of the molecule is COc1cccc(Oc2ccc3c(c2)CCC3)c1N. The zero-order valence-electron chi connectivity index (χ0n) is 11.0. The summed E-state index contributed by atoms with van der Waals surface area (Å²) < 4.78 is 11.1. The molecule has 1 aliphatic carbocycles.